The highest BCUT2D eigenvalue weighted by atomic mass is 32.2. The van der Waals surface area contributed by atoms with Gasteiger partial charge in [-0.3, -0.25) is 4.79 Å². The highest BCUT2D eigenvalue weighted by molar-refractivity contribution is 7.89. The van der Waals surface area contributed by atoms with Gasteiger partial charge >= 0.3 is 0 Å². The van der Waals surface area contributed by atoms with E-state index < -0.39 is 10.0 Å². The number of carbonyl (C=O) groups excluding carboxylic acids is 1. The van der Waals surface area contributed by atoms with E-state index in [1.165, 1.54) is 4.31 Å². The van der Waals surface area contributed by atoms with Gasteiger partial charge in [0.15, 0.2) is 0 Å². The van der Waals surface area contributed by atoms with E-state index >= 15 is 0 Å². The molecule has 3 rings (SSSR count). The van der Waals surface area contributed by atoms with Crippen LogP contribution in [0.15, 0.2) is 47.4 Å². The molecule has 0 saturated carbocycles. The van der Waals surface area contributed by atoms with Crippen LogP contribution in [0.2, 0.25) is 0 Å². The van der Waals surface area contributed by atoms with Gasteiger partial charge in [0.05, 0.1) is 11.4 Å². The van der Waals surface area contributed by atoms with Gasteiger partial charge in [-0.05, 0) is 70.4 Å². The van der Waals surface area contributed by atoms with Gasteiger partial charge in [0.25, 0.3) is 0 Å². The van der Waals surface area contributed by atoms with E-state index in [1.807, 2.05) is 63.2 Å². The number of rotatable bonds is 7. The van der Waals surface area contributed by atoms with Crippen LogP contribution in [0, 0.1) is 20.8 Å². The molecule has 2 aromatic carbocycles. The summed E-state index contributed by atoms with van der Waals surface area (Å²) in [5.74, 6) is -0.253. The third-order valence-corrected chi connectivity index (χ3v) is 7.91. The monoisotopic (exact) mass is 443 g/mol. The van der Waals surface area contributed by atoms with Crippen molar-refractivity contribution in [1.82, 2.24) is 14.5 Å². The molecule has 1 saturated heterocycles. The zero-order valence-electron chi connectivity index (χ0n) is 18.9. The molecular weight excluding hydrogens is 410 g/mol. The quantitative estimate of drug-likeness (QED) is 0.714. The number of aryl methyl sites for hydroxylation is 3. The Kier molecular flexibility index (Phi) is 7.51. The highest BCUT2D eigenvalue weighted by Gasteiger charge is 2.30. The molecule has 1 aliphatic heterocycles. The molecule has 0 aromatic heterocycles. The molecule has 1 heterocycles. The Bertz CT molecular complexity index is 991. The molecule has 0 radical (unpaired) electrons. The summed E-state index contributed by atoms with van der Waals surface area (Å²) in [7, 11) is -1.79. The zero-order valence-corrected chi connectivity index (χ0v) is 19.7. The van der Waals surface area contributed by atoms with Gasteiger partial charge in [-0.25, -0.2) is 8.42 Å². The molecule has 0 spiro atoms. The summed E-state index contributed by atoms with van der Waals surface area (Å²) < 4.78 is 28.7. The van der Waals surface area contributed by atoms with Crippen LogP contribution in [-0.2, 0) is 21.4 Å². The summed E-state index contributed by atoms with van der Waals surface area (Å²) in [6.07, 6.45) is 1.76. The Morgan fingerprint density at radius 3 is 2.23 bits per heavy atom. The Morgan fingerprint density at radius 1 is 1.06 bits per heavy atom. The molecule has 1 aliphatic rings. The fraction of sp³-hybridized carbons (Fsp3) is 0.458. The SMILES string of the molecule is Cc1cc(C)c(S(=O)(=O)N(CC(=O)NC2CCN(C)CC2)Cc2ccccc2)c(C)c1. The minimum Gasteiger partial charge on any atom is -0.352 e. The van der Waals surface area contributed by atoms with Crippen molar-refractivity contribution < 1.29 is 13.2 Å². The molecule has 0 unspecified atom stereocenters. The summed E-state index contributed by atoms with van der Waals surface area (Å²) >= 11 is 0. The number of sulfonamides is 1. The molecule has 1 fully saturated rings. The van der Waals surface area contributed by atoms with Crippen LogP contribution in [-0.4, -0.2) is 56.3 Å². The maximum absolute atomic E-state index is 13.7. The van der Waals surface area contributed by atoms with Crippen LogP contribution in [0.4, 0.5) is 0 Å². The average molecular weight is 444 g/mol. The lowest BCUT2D eigenvalue weighted by molar-refractivity contribution is -0.122. The molecule has 31 heavy (non-hydrogen) atoms. The number of likely N-dealkylation sites (tertiary alicyclic amines) is 1. The van der Waals surface area contributed by atoms with E-state index in [2.05, 4.69) is 17.3 Å². The summed E-state index contributed by atoms with van der Waals surface area (Å²) in [6.45, 7) is 7.39. The van der Waals surface area contributed by atoms with Crippen LogP contribution >= 0.6 is 0 Å². The molecule has 6 nitrogen and oxygen atoms in total. The first-order valence-corrected chi connectivity index (χ1v) is 12.2. The number of benzene rings is 2. The number of nitrogens with zero attached hydrogens (tertiary/aromatic N) is 2. The molecule has 168 valence electrons. The Labute approximate surface area is 186 Å². The molecule has 7 heteroatoms. The number of nitrogens with one attached hydrogen (secondary N) is 1. The Balaban J connectivity index is 1.86. The summed E-state index contributed by atoms with van der Waals surface area (Å²) in [6, 6.07) is 13.2. The maximum Gasteiger partial charge on any atom is 0.244 e. The van der Waals surface area contributed by atoms with Gasteiger partial charge in [-0.2, -0.15) is 4.31 Å². The first-order chi connectivity index (χ1) is 14.7. The number of hydrogen-bond acceptors (Lipinski definition) is 4. The first kappa shape index (κ1) is 23.4. The van der Waals surface area contributed by atoms with Crippen molar-refractivity contribution in [3.8, 4) is 0 Å². The van der Waals surface area contributed by atoms with Gasteiger partial charge < -0.3 is 10.2 Å². The topological polar surface area (TPSA) is 69.7 Å². The van der Waals surface area contributed by atoms with Crippen molar-refractivity contribution in [2.45, 2.75) is 51.1 Å². The molecular formula is C24H33N3O3S. The highest BCUT2D eigenvalue weighted by Crippen LogP contribution is 2.26. The standard InChI is InChI=1S/C24H33N3O3S/c1-18-14-19(2)24(20(3)15-18)31(29,30)27(16-21-8-6-5-7-9-21)17-23(28)25-22-10-12-26(4)13-11-22/h5-9,14-15,22H,10-13,16-17H2,1-4H3,(H,25,28). The lowest BCUT2D eigenvalue weighted by Crippen LogP contribution is -2.47. The molecule has 2 aromatic rings. The number of carbonyl (C=O) groups is 1. The smallest absolute Gasteiger partial charge is 0.244 e. The van der Waals surface area contributed by atoms with Crippen molar-refractivity contribution in [3.63, 3.8) is 0 Å². The first-order valence-electron chi connectivity index (χ1n) is 10.8. The van der Waals surface area contributed by atoms with Gasteiger partial charge in [0.2, 0.25) is 15.9 Å². The third-order valence-electron chi connectivity index (χ3n) is 5.81. The predicted molar refractivity (Wildman–Crippen MR) is 123 cm³/mol. The zero-order chi connectivity index (χ0) is 22.6. The van der Waals surface area contributed by atoms with Crippen LogP contribution in [0.25, 0.3) is 0 Å². The summed E-state index contributed by atoms with van der Waals surface area (Å²) in [5.41, 5.74) is 3.27. The lowest BCUT2D eigenvalue weighted by Gasteiger charge is -2.30. The normalized spacial score (nSPS) is 15.9. The van der Waals surface area contributed by atoms with Crippen molar-refractivity contribution >= 4 is 15.9 Å². The van der Waals surface area contributed by atoms with E-state index in [0.29, 0.717) is 16.0 Å². The maximum atomic E-state index is 13.7. The summed E-state index contributed by atoms with van der Waals surface area (Å²) in [5, 5.41) is 3.05. The fourth-order valence-corrected chi connectivity index (χ4v) is 6.10. The molecule has 1 N–H and O–H groups in total. The van der Waals surface area contributed by atoms with Gasteiger partial charge in [0, 0.05) is 12.6 Å². The molecule has 0 atom stereocenters. The molecule has 0 bridgehead atoms. The van der Waals surface area contributed by atoms with Crippen molar-refractivity contribution in [2.24, 2.45) is 0 Å². The van der Waals surface area contributed by atoms with Crippen LogP contribution in [0.3, 0.4) is 0 Å². The second kappa shape index (κ2) is 9.94. The van der Waals surface area contributed by atoms with E-state index in [0.717, 1.165) is 37.1 Å². The van der Waals surface area contributed by atoms with Gasteiger partial charge in [-0.15, -0.1) is 0 Å². The van der Waals surface area contributed by atoms with Crippen molar-refractivity contribution in [1.29, 1.82) is 0 Å². The lowest BCUT2D eigenvalue weighted by atomic mass is 10.1. The minimum atomic E-state index is -3.86. The Hall–Kier alpha value is -2.22. The number of hydrogen-bond donors (Lipinski definition) is 1. The average Bonchev–Trinajstić information content (AvgIpc) is 2.69. The largest absolute Gasteiger partial charge is 0.352 e. The van der Waals surface area contributed by atoms with E-state index in [-0.39, 0.29) is 25.0 Å². The predicted octanol–water partition coefficient (Wildman–Crippen LogP) is 3.01. The van der Waals surface area contributed by atoms with Crippen LogP contribution < -0.4 is 5.32 Å². The van der Waals surface area contributed by atoms with Crippen molar-refractivity contribution in [3.05, 3.63) is 64.7 Å². The number of amides is 1. The second-order valence-corrected chi connectivity index (χ2v) is 10.5. The van der Waals surface area contributed by atoms with Crippen LogP contribution in [0.5, 0.6) is 0 Å². The van der Waals surface area contributed by atoms with E-state index in [1.54, 1.807) is 0 Å². The van der Waals surface area contributed by atoms with Crippen LogP contribution in [0.1, 0.15) is 35.1 Å². The number of piperidine rings is 1. The van der Waals surface area contributed by atoms with E-state index in [9.17, 15) is 13.2 Å². The summed E-state index contributed by atoms with van der Waals surface area (Å²) in [4.78, 5) is 15.4. The minimum absolute atomic E-state index is 0.0906. The fourth-order valence-electron chi connectivity index (χ4n) is 4.30. The second-order valence-electron chi connectivity index (χ2n) is 8.63. The molecule has 1 amide bonds. The Morgan fingerprint density at radius 2 is 1.65 bits per heavy atom. The van der Waals surface area contributed by atoms with Crippen molar-refractivity contribution in [2.75, 3.05) is 26.7 Å². The van der Waals surface area contributed by atoms with E-state index in [4.69, 9.17) is 0 Å². The van der Waals surface area contributed by atoms with Gasteiger partial charge in [-0.1, -0.05) is 48.0 Å². The molecule has 0 aliphatic carbocycles. The third kappa shape index (κ3) is 5.93. The van der Waals surface area contributed by atoms with Gasteiger partial charge in [0.1, 0.15) is 0 Å².